The van der Waals surface area contributed by atoms with Gasteiger partial charge in [-0.2, -0.15) is 5.10 Å². The van der Waals surface area contributed by atoms with Crippen LogP contribution < -0.4 is 0 Å². The molecule has 2 heterocycles. The van der Waals surface area contributed by atoms with E-state index in [1.54, 1.807) is 17.8 Å². The van der Waals surface area contributed by atoms with Gasteiger partial charge in [0, 0.05) is 11.8 Å². The molecular weight excluding hydrogens is 262 g/mol. The molecule has 3 aromatic rings. The Bertz CT molecular complexity index is 795. The Balaban J connectivity index is 2.11. The van der Waals surface area contributed by atoms with Crippen molar-refractivity contribution in [2.75, 3.05) is 0 Å². The number of nitrogens with zero attached hydrogens (tertiary/aromatic N) is 4. The maximum atomic E-state index is 13.7. The van der Waals surface area contributed by atoms with Crippen molar-refractivity contribution in [1.29, 1.82) is 0 Å². The first kappa shape index (κ1) is 12.7. The minimum absolute atomic E-state index is 0.129. The molecule has 3 rings (SSSR count). The summed E-state index contributed by atoms with van der Waals surface area (Å²) in [6, 6.07) is 4.11. The first-order chi connectivity index (χ1) is 9.56. The van der Waals surface area contributed by atoms with Gasteiger partial charge in [-0.3, -0.25) is 0 Å². The van der Waals surface area contributed by atoms with Gasteiger partial charge in [-0.15, -0.1) is 0 Å². The van der Waals surface area contributed by atoms with Gasteiger partial charge in [-0.05, 0) is 19.9 Å². The maximum Gasteiger partial charge on any atom is 0.163 e. The summed E-state index contributed by atoms with van der Waals surface area (Å²) in [5, 5.41) is 5.13. The van der Waals surface area contributed by atoms with E-state index >= 15 is 0 Å². The van der Waals surface area contributed by atoms with E-state index in [0.717, 1.165) is 17.1 Å². The average molecular weight is 274 g/mol. The lowest BCUT2D eigenvalue weighted by molar-refractivity contribution is 0.492. The van der Waals surface area contributed by atoms with Gasteiger partial charge in [0.15, 0.2) is 17.3 Å². The third-order valence-electron chi connectivity index (χ3n) is 3.15. The molecule has 2 aromatic heterocycles. The van der Waals surface area contributed by atoms with E-state index in [4.69, 9.17) is 0 Å². The Labute approximate surface area is 114 Å². The van der Waals surface area contributed by atoms with Crippen molar-refractivity contribution in [2.45, 2.75) is 20.4 Å². The normalized spacial score (nSPS) is 11.2. The summed E-state index contributed by atoms with van der Waals surface area (Å²) >= 11 is 0. The van der Waals surface area contributed by atoms with Crippen LogP contribution in [0.15, 0.2) is 24.4 Å². The van der Waals surface area contributed by atoms with Crippen molar-refractivity contribution in [3.63, 3.8) is 0 Å². The summed E-state index contributed by atoms with van der Waals surface area (Å²) in [6.07, 6.45) is 1.69. The molecule has 0 fully saturated rings. The highest BCUT2D eigenvalue weighted by atomic mass is 19.2. The SMILES string of the molecule is Cc1ncc2c(C)nn(Cc3cccc(F)c3F)c2n1. The molecule has 0 aliphatic heterocycles. The van der Waals surface area contributed by atoms with Crippen molar-refractivity contribution in [1.82, 2.24) is 19.7 Å². The fourth-order valence-electron chi connectivity index (χ4n) is 2.13. The van der Waals surface area contributed by atoms with Gasteiger partial charge in [0.25, 0.3) is 0 Å². The Kier molecular flexibility index (Phi) is 2.93. The monoisotopic (exact) mass is 274 g/mol. The van der Waals surface area contributed by atoms with Crippen LogP contribution in [0.4, 0.5) is 8.78 Å². The highest BCUT2D eigenvalue weighted by Crippen LogP contribution is 2.18. The molecule has 0 spiro atoms. The molecule has 0 saturated carbocycles. The summed E-state index contributed by atoms with van der Waals surface area (Å²) in [4.78, 5) is 8.44. The molecule has 6 heteroatoms. The second-order valence-corrected chi connectivity index (χ2v) is 4.61. The number of rotatable bonds is 2. The number of benzene rings is 1. The van der Waals surface area contributed by atoms with Gasteiger partial charge in [-0.1, -0.05) is 12.1 Å². The van der Waals surface area contributed by atoms with Crippen LogP contribution in [0.5, 0.6) is 0 Å². The van der Waals surface area contributed by atoms with Gasteiger partial charge in [0.05, 0.1) is 17.6 Å². The third kappa shape index (κ3) is 2.03. The second-order valence-electron chi connectivity index (χ2n) is 4.61. The molecule has 4 nitrogen and oxygen atoms in total. The van der Waals surface area contributed by atoms with Crippen LogP contribution >= 0.6 is 0 Å². The topological polar surface area (TPSA) is 43.6 Å². The summed E-state index contributed by atoms with van der Waals surface area (Å²) in [6.45, 7) is 3.73. The summed E-state index contributed by atoms with van der Waals surface area (Å²) < 4.78 is 28.5. The van der Waals surface area contributed by atoms with Crippen LogP contribution in [0.3, 0.4) is 0 Å². The minimum atomic E-state index is -0.860. The predicted molar refractivity (Wildman–Crippen MR) is 70.3 cm³/mol. The zero-order chi connectivity index (χ0) is 14.3. The van der Waals surface area contributed by atoms with E-state index in [9.17, 15) is 8.78 Å². The first-order valence-electron chi connectivity index (χ1n) is 6.16. The van der Waals surface area contributed by atoms with Crippen LogP contribution in [-0.2, 0) is 6.54 Å². The fourth-order valence-corrected chi connectivity index (χ4v) is 2.13. The zero-order valence-corrected chi connectivity index (χ0v) is 11.1. The number of aryl methyl sites for hydroxylation is 2. The standard InChI is InChI=1S/C14H12F2N4/c1-8-11-6-17-9(2)18-14(11)20(19-8)7-10-4-3-5-12(15)13(10)16/h3-6H,7H2,1-2H3. The van der Waals surface area contributed by atoms with E-state index in [1.165, 1.54) is 12.1 Å². The molecule has 0 N–H and O–H groups in total. The lowest BCUT2D eigenvalue weighted by Crippen LogP contribution is -2.06. The van der Waals surface area contributed by atoms with Crippen molar-refractivity contribution >= 4 is 11.0 Å². The second kappa shape index (κ2) is 4.63. The highest BCUT2D eigenvalue weighted by Gasteiger charge is 2.13. The lowest BCUT2D eigenvalue weighted by Gasteiger charge is -2.05. The minimum Gasteiger partial charge on any atom is -0.242 e. The summed E-state index contributed by atoms with van der Waals surface area (Å²) in [5.41, 5.74) is 1.63. The van der Waals surface area contributed by atoms with Crippen LogP contribution in [0.1, 0.15) is 17.1 Å². The molecule has 20 heavy (non-hydrogen) atoms. The quantitative estimate of drug-likeness (QED) is 0.721. The molecular formula is C14H12F2N4. The molecule has 0 radical (unpaired) electrons. The molecule has 0 unspecified atom stereocenters. The predicted octanol–water partition coefficient (Wildman–Crippen LogP) is 2.77. The lowest BCUT2D eigenvalue weighted by atomic mass is 10.2. The number of hydrogen-bond donors (Lipinski definition) is 0. The molecule has 102 valence electrons. The number of fused-ring (bicyclic) bond motifs is 1. The van der Waals surface area contributed by atoms with Crippen molar-refractivity contribution in [2.24, 2.45) is 0 Å². The van der Waals surface area contributed by atoms with Gasteiger partial charge in [0.2, 0.25) is 0 Å². The Morgan fingerprint density at radius 1 is 1.20 bits per heavy atom. The number of aromatic nitrogens is 4. The van der Waals surface area contributed by atoms with E-state index in [-0.39, 0.29) is 12.1 Å². The third-order valence-corrected chi connectivity index (χ3v) is 3.15. The van der Waals surface area contributed by atoms with E-state index in [0.29, 0.717) is 11.5 Å². The van der Waals surface area contributed by atoms with Crippen molar-refractivity contribution < 1.29 is 8.78 Å². The molecule has 0 saturated heterocycles. The fraction of sp³-hybridized carbons (Fsp3) is 0.214. The van der Waals surface area contributed by atoms with Gasteiger partial charge in [0.1, 0.15) is 5.82 Å². The van der Waals surface area contributed by atoms with E-state index in [2.05, 4.69) is 15.1 Å². The molecule has 0 aliphatic carbocycles. The summed E-state index contributed by atoms with van der Waals surface area (Å²) in [5.74, 6) is -1.10. The van der Waals surface area contributed by atoms with Crippen LogP contribution in [0.2, 0.25) is 0 Å². The van der Waals surface area contributed by atoms with E-state index < -0.39 is 11.6 Å². The smallest absolute Gasteiger partial charge is 0.163 e. The highest BCUT2D eigenvalue weighted by molar-refractivity contribution is 5.77. The number of hydrogen-bond acceptors (Lipinski definition) is 3. The van der Waals surface area contributed by atoms with Crippen molar-refractivity contribution in [3.8, 4) is 0 Å². The first-order valence-corrected chi connectivity index (χ1v) is 6.16. The molecule has 1 aromatic carbocycles. The van der Waals surface area contributed by atoms with Crippen LogP contribution in [0.25, 0.3) is 11.0 Å². The zero-order valence-electron chi connectivity index (χ0n) is 11.1. The Morgan fingerprint density at radius 3 is 2.80 bits per heavy atom. The summed E-state index contributed by atoms with van der Waals surface area (Å²) in [7, 11) is 0. The van der Waals surface area contributed by atoms with Crippen LogP contribution in [0, 0.1) is 25.5 Å². The molecule has 0 bridgehead atoms. The average Bonchev–Trinajstić information content (AvgIpc) is 2.71. The molecule has 0 aliphatic rings. The number of halogens is 2. The molecule has 0 amide bonds. The molecule has 0 atom stereocenters. The Hall–Kier alpha value is -2.37. The van der Waals surface area contributed by atoms with Gasteiger partial charge >= 0.3 is 0 Å². The van der Waals surface area contributed by atoms with Gasteiger partial charge < -0.3 is 0 Å². The Morgan fingerprint density at radius 2 is 2.00 bits per heavy atom. The van der Waals surface area contributed by atoms with Gasteiger partial charge in [-0.25, -0.2) is 23.4 Å². The van der Waals surface area contributed by atoms with Crippen molar-refractivity contribution in [3.05, 3.63) is 53.1 Å². The van der Waals surface area contributed by atoms with Crippen LogP contribution in [-0.4, -0.2) is 19.7 Å². The maximum absolute atomic E-state index is 13.7. The largest absolute Gasteiger partial charge is 0.242 e. The van der Waals surface area contributed by atoms with E-state index in [1.807, 2.05) is 6.92 Å².